The third-order valence-electron chi connectivity index (χ3n) is 4.16. The van der Waals surface area contributed by atoms with E-state index in [1.807, 2.05) is 23.6 Å². The van der Waals surface area contributed by atoms with Gasteiger partial charge in [-0.2, -0.15) is 0 Å². The first-order valence-electron chi connectivity index (χ1n) is 8.73. The van der Waals surface area contributed by atoms with Gasteiger partial charge in [-0.1, -0.05) is 17.7 Å². The third-order valence-corrected chi connectivity index (χ3v) is 5.36. The molecule has 0 N–H and O–H groups in total. The quantitative estimate of drug-likeness (QED) is 0.753. The molecule has 27 heavy (non-hydrogen) atoms. The summed E-state index contributed by atoms with van der Waals surface area (Å²) in [5.41, 5.74) is 0.938. The van der Waals surface area contributed by atoms with Crippen molar-refractivity contribution in [2.75, 3.05) is 32.8 Å². The van der Waals surface area contributed by atoms with Gasteiger partial charge in [0.2, 0.25) is 0 Å². The molecule has 0 bridgehead atoms. The summed E-state index contributed by atoms with van der Waals surface area (Å²) in [6.45, 7) is 4.49. The van der Waals surface area contributed by atoms with Crippen molar-refractivity contribution in [1.29, 1.82) is 0 Å². The zero-order valence-electron chi connectivity index (χ0n) is 15.0. The SMILES string of the molecule is CCOC(=O)N1CCN(C(=O)c2cc(COc3cccc(Cl)c3)cs2)CC1. The maximum absolute atomic E-state index is 12.7. The number of carbonyl (C=O) groups is 2. The van der Waals surface area contributed by atoms with Crippen LogP contribution in [0.25, 0.3) is 0 Å². The second-order valence-electron chi connectivity index (χ2n) is 6.04. The maximum Gasteiger partial charge on any atom is 0.409 e. The zero-order chi connectivity index (χ0) is 19.2. The Kier molecular flexibility index (Phi) is 6.58. The molecule has 0 atom stereocenters. The molecule has 1 aliphatic heterocycles. The summed E-state index contributed by atoms with van der Waals surface area (Å²) in [5.74, 6) is 0.675. The van der Waals surface area contributed by atoms with Crippen LogP contribution in [0.2, 0.25) is 5.02 Å². The van der Waals surface area contributed by atoms with Gasteiger partial charge in [0, 0.05) is 36.8 Å². The van der Waals surface area contributed by atoms with Crippen LogP contribution in [0.1, 0.15) is 22.2 Å². The van der Waals surface area contributed by atoms with Crippen molar-refractivity contribution in [2.24, 2.45) is 0 Å². The van der Waals surface area contributed by atoms with Gasteiger partial charge in [0.15, 0.2) is 0 Å². The number of thiophene rings is 1. The number of benzene rings is 1. The number of ether oxygens (including phenoxy) is 2. The van der Waals surface area contributed by atoms with Crippen molar-refractivity contribution in [2.45, 2.75) is 13.5 Å². The molecule has 0 saturated carbocycles. The van der Waals surface area contributed by atoms with E-state index in [4.69, 9.17) is 21.1 Å². The Labute approximate surface area is 167 Å². The van der Waals surface area contributed by atoms with E-state index in [0.717, 1.165) is 5.56 Å². The number of halogens is 1. The molecule has 1 aromatic carbocycles. The molecule has 0 spiro atoms. The molecule has 0 aliphatic carbocycles. The highest BCUT2D eigenvalue weighted by Gasteiger charge is 2.26. The van der Waals surface area contributed by atoms with Crippen LogP contribution in [0.5, 0.6) is 5.75 Å². The highest BCUT2D eigenvalue weighted by molar-refractivity contribution is 7.12. The topological polar surface area (TPSA) is 59.1 Å². The van der Waals surface area contributed by atoms with Crippen LogP contribution in [-0.2, 0) is 11.3 Å². The van der Waals surface area contributed by atoms with Crippen molar-refractivity contribution < 1.29 is 19.1 Å². The van der Waals surface area contributed by atoms with Crippen LogP contribution in [0, 0.1) is 0 Å². The van der Waals surface area contributed by atoms with Gasteiger partial charge in [-0.25, -0.2) is 4.79 Å². The van der Waals surface area contributed by atoms with Crippen LogP contribution in [0.15, 0.2) is 35.7 Å². The highest BCUT2D eigenvalue weighted by Crippen LogP contribution is 2.22. The molecule has 1 aromatic heterocycles. The summed E-state index contributed by atoms with van der Waals surface area (Å²) < 4.78 is 10.7. The Bertz CT molecular complexity index is 803. The van der Waals surface area contributed by atoms with E-state index < -0.39 is 0 Å². The molecular weight excluding hydrogens is 388 g/mol. The number of amides is 2. The van der Waals surface area contributed by atoms with Crippen LogP contribution in [0.3, 0.4) is 0 Å². The van der Waals surface area contributed by atoms with E-state index in [-0.39, 0.29) is 12.0 Å². The minimum absolute atomic E-state index is 0.0162. The summed E-state index contributed by atoms with van der Waals surface area (Å²) in [6, 6.07) is 9.07. The predicted octanol–water partition coefficient (Wildman–Crippen LogP) is 3.89. The Morgan fingerprint density at radius 3 is 2.59 bits per heavy atom. The van der Waals surface area contributed by atoms with Crippen LogP contribution >= 0.6 is 22.9 Å². The Balaban J connectivity index is 1.52. The van der Waals surface area contributed by atoms with Gasteiger partial charge in [-0.15, -0.1) is 11.3 Å². The van der Waals surface area contributed by atoms with Crippen molar-refractivity contribution in [3.05, 3.63) is 51.2 Å². The van der Waals surface area contributed by atoms with E-state index in [1.54, 1.807) is 28.9 Å². The minimum Gasteiger partial charge on any atom is -0.489 e. The first-order chi connectivity index (χ1) is 13.1. The standard InChI is InChI=1S/C19H21ClN2O4S/c1-2-25-19(24)22-8-6-21(7-9-22)18(23)17-10-14(13-27-17)12-26-16-5-3-4-15(20)11-16/h3-5,10-11,13H,2,6-9,12H2,1H3. The van der Waals surface area contributed by atoms with E-state index in [0.29, 0.717) is 55.0 Å². The van der Waals surface area contributed by atoms with Gasteiger partial charge < -0.3 is 19.3 Å². The van der Waals surface area contributed by atoms with Gasteiger partial charge in [0.05, 0.1) is 11.5 Å². The summed E-state index contributed by atoms with van der Waals surface area (Å²) in [4.78, 5) is 28.5. The Hall–Kier alpha value is -2.25. The number of hydrogen-bond donors (Lipinski definition) is 0. The first kappa shape index (κ1) is 19.5. The summed E-state index contributed by atoms with van der Waals surface area (Å²) in [5, 5.41) is 2.54. The van der Waals surface area contributed by atoms with Gasteiger partial charge in [-0.05, 0) is 36.6 Å². The number of rotatable bonds is 5. The normalized spacial score (nSPS) is 14.1. The molecule has 2 aromatic rings. The van der Waals surface area contributed by atoms with Gasteiger partial charge in [0.1, 0.15) is 12.4 Å². The van der Waals surface area contributed by atoms with Crippen molar-refractivity contribution in [1.82, 2.24) is 9.80 Å². The van der Waals surface area contributed by atoms with Gasteiger partial charge >= 0.3 is 6.09 Å². The lowest BCUT2D eigenvalue weighted by molar-refractivity contribution is 0.0574. The molecule has 144 valence electrons. The Morgan fingerprint density at radius 1 is 1.15 bits per heavy atom. The molecule has 1 saturated heterocycles. The van der Waals surface area contributed by atoms with Crippen molar-refractivity contribution >= 4 is 34.9 Å². The number of nitrogens with zero attached hydrogens (tertiary/aromatic N) is 2. The zero-order valence-corrected chi connectivity index (χ0v) is 16.6. The molecule has 6 nitrogen and oxygen atoms in total. The molecule has 1 aliphatic rings. The van der Waals surface area contributed by atoms with Crippen molar-refractivity contribution in [3.8, 4) is 5.75 Å². The third kappa shape index (κ3) is 5.14. The van der Waals surface area contributed by atoms with Gasteiger partial charge in [-0.3, -0.25) is 4.79 Å². The molecule has 0 unspecified atom stereocenters. The van der Waals surface area contributed by atoms with E-state index >= 15 is 0 Å². The second kappa shape index (κ2) is 9.10. The average molecular weight is 409 g/mol. The second-order valence-corrected chi connectivity index (χ2v) is 7.39. The fourth-order valence-electron chi connectivity index (χ4n) is 2.75. The smallest absolute Gasteiger partial charge is 0.409 e. The largest absolute Gasteiger partial charge is 0.489 e. The van der Waals surface area contributed by atoms with Crippen LogP contribution in [-0.4, -0.2) is 54.6 Å². The van der Waals surface area contributed by atoms with E-state index in [9.17, 15) is 9.59 Å². The van der Waals surface area contributed by atoms with Crippen molar-refractivity contribution in [3.63, 3.8) is 0 Å². The highest BCUT2D eigenvalue weighted by atomic mass is 35.5. The lowest BCUT2D eigenvalue weighted by Gasteiger charge is -2.33. The van der Waals surface area contributed by atoms with E-state index in [2.05, 4.69) is 0 Å². The number of piperazine rings is 1. The molecule has 3 rings (SSSR count). The fourth-order valence-corrected chi connectivity index (χ4v) is 3.79. The average Bonchev–Trinajstić information content (AvgIpc) is 3.15. The Morgan fingerprint density at radius 2 is 1.89 bits per heavy atom. The summed E-state index contributed by atoms with van der Waals surface area (Å²) in [7, 11) is 0. The molecule has 1 fully saturated rings. The van der Waals surface area contributed by atoms with Crippen LogP contribution < -0.4 is 4.74 Å². The summed E-state index contributed by atoms with van der Waals surface area (Å²) >= 11 is 7.35. The predicted molar refractivity (Wildman–Crippen MR) is 105 cm³/mol. The fraction of sp³-hybridized carbons (Fsp3) is 0.368. The lowest BCUT2D eigenvalue weighted by Crippen LogP contribution is -2.50. The van der Waals surface area contributed by atoms with E-state index in [1.165, 1.54) is 11.3 Å². The first-order valence-corrected chi connectivity index (χ1v) is 9.99. The van der Waals surface area contributed by atoms with Gasteiger partial charge in [0.25, 0.3) is 5.91 Å². The molecule has 2 amide bonds. The molecule has 8 heteroatoms. The monoisotopic (exact) mass is 408 g/mol. The maximum atomic E-state index is 12.7. The minimum atomic E-state index is -0.318. The molecule has 2 heterocycles. The molecule has 0 radical (unpaired) electrons. The number of carbonyl (C=O) groups excluding carboxylic acids is 2. The lowest BCUT2D eigenvalue weighted by atomic mass is 10.2. The number of hydrogen-bond acceptors (Lipinski definition) is 5. The van der Waals surface area contributed by atoms with Crippen LogP contribution in [0.4, 0.5) is 4.79 Å². The molecular formula is C19H21ClN2O4S. The summed E-state index contributed by atoms with van der Waals surface area (Å²) in [6.07, 6.45) is -0.318.